The van der Waals surface area contributed by atoms with Crippen LogP contribution in [0.1, 0.15) is 23.2 Å². The van der Waals surface area contributed by atoms with Gasteiger partial charge in [0.15, 0.2) is 0 Å². The Morgan fingerprint density at radius 3 is 2.52 bits per heavy atom. The van der Waals surface area contributed by atoms with Gasteiger partial charge in [-0.1, -0.05) is 23.7 Å². The molecule has 2 aromatic carbocycles. The molecule has 3 rings (SSSR count). The maximum atomic E-state index is 12.6. The summed E-state index contributed by atoms with van der Waals surface area (Å²) in [6.07, 6.45) is 1.71. The fraction of sp³-hybridized carbons (Fsp3) is 0.316. The quantitative estimate of drug-likeness (QED) is 0.518. The van der Waals surface area contributed by atoms with E-state index in [1.807, 2.05) is 0 Å². The summed E-state index contributed by atoms with van der Waals surface area (Å²) in [4.78, 5) is 12.3. The fourth-order valence-corrected chi connectivity index (χ4v) is 4.54. The molecule has 2 aromatic rings. The van der Waals surface area contributed by atoms with E-state index in [0.29, 0.717) is 23.9 Å². The first-order chi connectivity index (χ1) is 13.0. The average molecular weight is 410 g/mol. The van der Waals surface area contributed by atoms with Crippen molar-refractivity contribution in [3.8, 4) is 5.75 Å². The Kier molecular flexibility index (Phi) is 6.36. The van der Waals surface area contributed by atoms with Gasteiger partial charge >= 0.3 is 5.97 Å². The van der Waals surface area contributed by atoms with Crippen LogP contribution in [-0.4, -0.2) is 45.0 Å². The van der Waals surface area contributed by atoms with Gasteiger partial charge in [-0.3, -0.25) is 0 Å². The van der Waals surface area contributed by atoms with E-state index >= 15 is 0 Å². The molecule has 0 atom stereocenters. The summed E-state index contributed by atoms with van der Waals surface area (Å²) >= 11 is 5.87. The van der Waals surface area contributed by atoms with Crippen LogP contribution in [0.3, 0.4) is 0 Å². The van der Waals surface area contributed by atoms with E-state index in [9.17, 15) is 13.2 Å². The highest BCUT2D eigenvalue weighted by Crippen LogP contribution is 2.22. The molecule has 0 unspecified atom stereocenters. The van der Waals surface area contributed by atoms with Crippen LogP contribution < -0.4 is 4.74 Å². The first-order valence-electron chi connectivity index (χ1n) is 8.62. The molecule has 0 bridgehead atoms. The predicted molar refractivity (Wildman–Crippen MR) is 102 cm³/mol. The van der Waals surface area contributed by atoms with Crippen molar-refractivity contribution >= 4 is 27.6 Å². The van der Waals surface area contributed by atoms with Crippen LogP contribution in [0.15, 0.2) is 53.4 Å². The number of rotatable bonds is 7. The first-order valence-corrected chi connectivity index (χ1v) is 10.4. The second kappa shape index (κ2) is 8.73. The summed E-state index contributed by atoms with van der Waals surface area (Å²) < 4.78 is 37.3. The Labute approximate surface area is 163 Å². The molecule has 0 aliphatic carbocycles. The number of halogens is 1. The molecule has 6 nitrogen and oxygen atoms in total. The van der Waals surface area contributed by atoms with Crippen molar-refractivity contribution in [1.29, 1.82) is 0 Å². The first kappa shape index (κ1) is 19.7. The van der Waals surface area contributed by atoms with Gasteiger partial charge in [0.2, 0.25) is 10.0 Å². The third kappa shape index (κ3) is 5.00. The molecule has 1 heterocycles. The van der Waals surface area contributed by atoms with E-state index in [1.54, 1.807) is 30.3 Å². The van der Waals surface area contributed by atoms with Crippen molar-refractivity contribution in [2.75, 3.05) is 26.3 Å². The van der Waals surface area contributed by atoms with Gasteiger partial charge in [0, 0.05) is 18.1 Å². The number of carbonyl (C=O) groups is 1. The third-order valence-corrected chi connectivity index (χ3v) is 6.28. The van der Waals surface area contributed by atoms with Gasteiger partial charge in [-0.25, -0.2) is 13.2 Å². The molecule has 8 heteroatoms. The lowest BCUT2D eigenvalue weighted by molar-refractivity contribution is 0.0450. The minimum absolute atomic E-state index is 0.0362. The van der Waals surface area contributed by atoms with Crippen LogP contribution >= 0.6 is 11.6 Å². The number of hydrogen-bond acceptors (Lipinski definition) is 5. The van der Waals surface area contributed by atoms with Crippen LogP contribution in [-0.2, 0) is 14.8 Å². The van der Waals surface area contributed by atoms with Gasteiger partial charge in [-0.05, 0) is 49.2 Å². The minimum Gasteiger partial charge on any atom is -0.490 e. The molecule has 0 aromatic heterocycles. The van der Waals surface area contributed by atoms with Crippen LogP contribution in [0.25, 0.3) is 0 Å². The zero-order valence-electron chi connectivity index (χ0n) is 14.6. The molecule has 0 spiro atoms. The van der Waals surface area contributed by atoms with Crippen LogP contribution in [0.2, 0.25) is 5.02 Å². The number of nitrogens with zero attached hydrogens (tertiary/aromatic N) is 1. The number of carbonyl (C=O) groups excluding carboxylic acids is 1. The smallest absolute Gasteiger partial charge is 0.338 e. The van der Waals surface area contributed by atoms with E-state index in [-0.39, 0.29) is 23.7 Å². The summed E-state index contributed by atoms with van der Waals surface area (Å²) in [7, 11) is -3.57. The lowest BCUT2D eigenvalue weighted by Gasteiger charge is -2.15. The fourth-order valence-electron chi connectivity index (χ4n) is 2.80. The second-order valence-electron chi connectivity index (χ2n) is 6.08. The van der Waals surface area contributed by atoms with Crippen LogP contribution in [0.4, 0.5) is 0 Å². The maximum Gasteiger partial charge on any atom is 0.338 e. The Morgan fingerprint density at radius 2 is 1.78 bits per heavy atom. The molecule has 144 valence electrons. The summed E-state index contributed by atoms with van der Waals surface area (Å²) in [6, 6.07) is 12.8. The number of hydrogen-bond donors (Lipinski definition) is 0. The zero-order valence-corrected chi connectivity index (χ0v) is 16.2. The van der Waals surface area contributed by atoms with Crippen molar-refractivity contribution in [3.63, 3.8) is 0 Å². The molecular weight excluding hydrogens is 390 g/mol. The standard InChI is InChI=1S/C19H20ClNO5S/c20-16-6-4-7-17(14-16)25-11-12-26-19(22)15-5-3-8-18(13-15)27(23,24)21-9-1-2-10-21/h3-8,13-14H,1-2,9-12H2. The Hall–Kier alpha value is -2.09. The van der Waals surface area contributed by atoms with E-state index in [4.69, 9.17) is 21.1 Å². The van der Waals surface area contributed by atoms with Gasteiger partial charge < -0.3 is 9.47 Å². The Bertz CT molecular complexity index is 910. The molecule has 0 N–H and O–H groups in total. The van der Waals surface area contributed by atoms with Crippen molar-refractivity contribution < 1.29 is 22.7 Å². The van der Waals surface area contributed by atoms with Crippen molar-refractivity contribution in [1.82, 2.24) is 4.31 Å². The monoisotopic (exact) mass is 409 g/mol. The molecule has 0 radical (unpaired) electrons. The highest BCUT2D eigenvalue weighted by atomic mass is 35.5. The largest absolute Gasteiger partial charge is 0.490 e. The van der Waals surface area contributed by atoms with Crippen molar-refractivity contribution in [2.45, 2.75) is 17.7 Å². The number of benzene rings is 2. The van der Waals surface area contributed by atoms with Gasteiger partial charge in [-0.2, -0.15) is 4.31 Å². The summed E-state index contributed by atoms with van der Waals surface area (Å²) in [5.41, 5.74) is 0.193. The Morgan fingerprint density at radius 1 is 1.04 bits per heavy atom. The summed E-state index contributed by atoms with van der Waals surface area (Å²) in [6.45, 7) is 1.22. The normalized spacial score (nSPS) is 14.9. The summed E-state index contributed by atoms with van der Waals surface area (Å²) in [5.74, 6) is -0.0135. The molecule has 0 saturated carbocycles. The highest BCUT2D eigenvalue weighted by Gasteiger charge is 2.27. The van der Waals surface area contributed by atoms with E-state index in [1.165, 1.54) is 22.5 Å². The lowest BCUT2D eigenvalue weighted by atomic mass is 10.2. The Balaban J connectivity index is 1.57. The molecule has 1 aliphatic rings. The molecule has 27 heavy (non-hydrogen) atoms. The number of esters is 1. The second-order valence-corrected chi connectivity index (χ2v) is 8.46. The molecular formula is C19H20ClNO5S. The van der Waals surface area contributed by atoms with Gasteiger partial charge in [0.25, 0.3) is 0 Å². The topological polar surface area (TPSA) is 72.9 Å². The van der Waals surface area contributed by atoms with Gasteiger partial charge in [-0.15, -0.1) is 0 Å². The third-order valence-electron chi connectivity index (χ3n) is 4.15. The average Bonchev–Trinajstić information content (AvgIpc) is 3.21. The minimum atomic E-state index is -3.57. The zero-order chi connectivity index (χ0) is 19.3. The van der Waals surface area contributed by atoms with Crippen LogP contribution in [0.5, 0.6) is 5.75 Å². The van der Waals surface area contributed by atoms with Gasteiger partial charge in [0.1, 0.15) is 19.0 Å². The summed E-state index contributed by atoms with van der Waals surface area (Å²) in [5, 5.41) is 0.556. The number of ether oxygens (including phenoxy) is 2. The maximum absolute atomic E-state index is 12.6. The lowest BCUT2D eigenvalue weighted by Crippen LogP contribution is -2.28. The predicted octanol–water partition coefficient (Wildman–Crippen LogP) is 3.36. The molecule has 1 aliphatic heterocycles. The molecule has 1 fully saturated rings. The van der Waals surface area contributed by atoms with E-state index in [0.717, 1.165) is 12.8 Å². The molecule has 0 amide bonds. The van der Waals surface area contributed by atoms with E-state index < -0.39 is 16.0 Å². The SMILES string of the molecule is O=C(OCCOc1cccc(Cl)c1)c1cccc(S(=O)(=O)N2CCCC2)c1. The highest BCUT2D eigenvalue weighted by molar-refractivity contribution is 7.89. The van der Waals surface area contributed by atoms with E-state index in [2.05, 4.69) is 0 Å². The van der Waals surface area contributed by atoms with Crippen molar-refractivity contribution in [3.05, 3.63) is 59.1 Å². The number of sulfonamides is 1. The van der Waals surface area contributed by atoms with Gasteiger partial charge in [0.05, 0.1) is 10.5 Å². The molecule has 1 saturated heterocycles. The van der Waals surface area contributed by atoms with Crippen LogP contribution in [0, 0.1) is 0 Å². The van der Waals surface area contributed by atoms with Crippen molar-refractivity contribution in [2.24, 2.45) is 0 Å².